The number of aromatic nitrogens is 5. The summed E-state index contributed by atoms with van der Waals surface area (Å²) >= 11 is 0. The van der Waals surface area contributed by atoms with Gasteiger partial charge in [-0.2, -0.15) is 18.3 Å². The van der Waals surface area contributed by atoms with Crippen LogP contribution < -0.4 is 9.64 Å². The van der Waals surface area contributed by atoms with Crippen molar-refractivity contribution in [3.8, 4) is 17.1 Å². The highest BCUT2D eigenvalue weighted by atomic mass is 19.4. The molecule has 0 aliphatic carbocycles. The number of alkyl halides is 3. The van der Waals surface area contributed by atoms with Crippen LogP contribution in [0.25, 0.3) is 22.4 Å². The van der Waals surface area contributed by atoms with Gasteiger partial charge in [0.1, 0.15) is 29.0 Å². The molecule has 1 atom stereocenters. The van der Waals surface area contributed by atoms with Crippen LogP contribution in [0.5, 0.6) is 5.75 Å². The van der Waals surface area contributed by atoms with Crippen LogP contribution in [0.4, 0.5) is 19.0 Å². The molecule has 1 saturated heterocycles. The number of aromatic carboxylic acids is 1. The van der Waals surface area contributed by atoms with Crippen molar-refractivity contribution in [2.45, 2.75) is 31.6 Å². The SMILES string of the molecule is COc1cc(C(=O)O)cc2nc(-c3ccc(N4CCC[C@@H]4C(F)(F)F)nc3)n(Cc3ccn(C)n3)c12. The summed E-state index contributed by atoms with van der Waals surface area (Å²) in [5.41, 5.74) is 2.29. The molecule has 0 amide bonds. The highest BCUT2D eigenvalue weighted by Gasteiger charge is 2.46. The first-order valence-electron chi connectivity index (χ1n) is 11.3. The number of anilines is 1. The van der Waals surface area contributed by atoms with Crippen LogP contribution in [0, 0.1) is 0 Å². The fourth-order valence-electron chi connectivity index (χ4n) is 4.66. The first-order chi connectivity index (χ1) is 17.2. The minimum atomic E-state index is -4.33. The van der Waals surface area contributed by atoms with Crippen molar-refractivity contribution in [3.05, 3.63) is 54.0 Å². The number of rotatable bonds is 6. The normalized spacial score (nSPS) is 16.1. The Morgan fingerprint density at radius 1 is 1.25 bits per heavy atom. The quantitative estimate of drug-likeness (QED) is 0.425. The molecular weight excluding hydrogens is 477 g/mol. The molecule has 4 aromatic rings. The van der Waals surface area contributed by atoms with E-state index >= 15 is 0 Å². The standard InChI is InChI=1S/C24H23F3N6O3/c1-31-9-7-16(30-31)13-33-21-17(10-15(23(34)35)11-18(21)36-2)29-22(33)14-5-6-20(28-12-14)32-8-3-4-19(32)24(25,26)27/h5-7,9-12,19H,3-4,8,13H2,1-2H3,(H,34,35)/t19-/m1/s1. The number of hydrogen-bond acceptors (Lipinski definition) is 6. The van der Waals surface area contributed by atoms with E-state index < -0.39 is 18.2 Å². The van der Waals surface area contributed by atoms with Crippen LogP contribution >= 0.6 is 0 Å². The number of carboxylic acids is 1. The second kappa shape index (κ2) is 8.85. The lowest BCUT2D eigenvalue weighted by Gasteiger charge is -2.27. The predicted octanol–water partition coefficient (Wildman–Crippen LogP) is 4.12. The summed E-state index contributed by atoms with van der Waals surface area (Å²) in [4.78, 5) is 21.9. The molecule has 4 heterocycles. The van der Waals surface area contributed by atoms with E-state index in [0.29, 0.717) is 41.1 Å². The number of ether oxygens (including phenoxy) is 1. The van der Waals surface area contributed by atoms with Gasteiger partial charge < -0.3 is 19.3 Å². The summed E-state index contributed by atoms with van der Waals surface area (Å²) in [5, 5.41) is 13.9. The van der Waals surface area contributed by atoms with Gasteiger partial charge in [0.25, 0.3) is 0 Å². The van der Waals surface area contributed by atoms with E-state index in [-0.39, 0.29) is 24.3 Å². The summed E-state index contributed by atoms with van der Waals surface area (Å²) in [7, 11) is 3.24. The summed E-state index contributed by atoms with van der Waals surface area (Å²) in [5.74, 6) is -0.0813. The van der Waals surface area contributed by atoms with E-state index in [1.54, 1.807) is 30.1 Å². The molecule has 1 aromatic carbocycles. The molecule has 9 nitrogen and oxygen atoms in total. The number of pyridine rings is 1. The molecule has 0 unspecified atom stereocenters. The van der Waals surface area contributed by atoms with E-state index in [0.717, 1.165) is 5.69 Å². The van der Waals surface area contributed by atoms with E-state index in [4.69, 9.17) is 4.74 Å². The van der Waals surface area contributed by atoms with Gasteiger partial charge in [-0.1, -0.05) is 0 Å². The van der Waals surface area contributed by atoms with Gasteiger partial charge in [0.05, 0.1) is 30.4 Å². The number of carbonyl (C=O) groups is 1. The third kappa shape index (κ3) is 4.23. The highest BCUT2D eigenvalue weighted by Crippen LogP contribution is 2.37. The summed E-state index contributed by atoms with van der Waals surface area (Å²) < 4.78 is 49.3. The van der Waals surface area contributed by atoms with Gasteiger partial charge in [-0.25, -0.2) is 14.8 Å². The van der Waals surface area contributed by atoms with Crippen LogP contribution in [0.1, 0.15) is 28.9 Å². The Morgan fingerprint density at radius 3 is 2.67 bits per heavy atom. The van der Waals surface area contributed by atoms with Crippen LogP contribution in [0.2, 0.25) is 0 Å². The maximum atomic E-state index is 13.4. The van der Waals surface area contributed by atoms with Crippen LogP contribution in [0.3, 0.4) is 0 Å². The van der Waals surface area contributed by atoms with Crippen molar-refractivity contribution in [1.29, 1.82) is 0 Å². The Labute approximate surface area is 203 Å². The maximum absolute atomic E-state index is 13.4. The van der Waals surface area contributed by atoms with Gasteiger partial charge >= 0.3 is 12.1 Å². The van der Waals surface area contributed by atoms with Gasteiger partial charge in [0, 0.05) is 31.5 Å². The molecule has 12 heteroatoms. The Balaban J connectivity index is 1.61. The molecule has 5 rings (SSSR count). The number of halogens is 3. The van der Waals surface area contributed by atoms with Crippen molar-refractivity contribution >= 4 is 22.8 Å². The number of nitrogens with zero attached hydrogens (tertiary/aromatic N) is 6. The topological polar surface area (TPSA) is 98.3 Å². The van der Waals surface area contributed by atoms with Crippen LogP contribution in [-0.2, 0) is 13.6 Å². The number of methoxy groups -OCH3 is 1. The zero-order valence-corrected chi connectivity index (χ0v) is 19.5. The number of aryl methyl sites for hydroxylation is 1. The third-order valence-electron chi connectivity index (χ3n) is 6.29. The molecule has 1 aliphatic rings. The fourth-order valence-corrected chi connectivity index (χ4v) is 4.66. The Kier molecular flexibility index (Phi) is 5.81. The van der Waals surface area contributed by atoms with E-state index in [2.05, 4.69) is 15.1 Å². The van der Waals surface area contributed by atoms with Crippen molar-refractivity contribution < 1.29 is 27.8 Å². The lowest BCUT2D eigenvalue weighted by Crippen LogP contribution is -2.41. The van der Waals surface area contributed by atoms with Crippen molar-refractivity contribution in [2.75, 3.05) is 18.6 Å². The minimum Gasteiger partial charge on any atom is -0.494 e. The molecule has 36 heavy (non-hydrogen) atoms. The molecular formula is C24H23F3N6O3. The lowest BCUT2D eigenvalue weighted by atomic mass is 10.2. The second-order valence-electron chi connectivity index (χ2n) is 8.65. The average Bonchev–Trinajstić information content (AvgIpc) is 3.57. The maximum Gasteiger partial charge on any atom is 0.408 e. The molecule has 0 bridgehead atoms. The Morgan fingerprint density at radius 2 is 2.06 bits per heavy atom. The summed E-state index contributed by atoms with van der Waals surface area (Å²) in [6.45, 7) is 0.587. The van der Waals surface area contributed by atoms with E-state index in [9.17, 15) is 23.1 Å². The molecule has 1 aliphatic heterocycles. The lowest BCUT2D eigenvalue weighted by molar-refractivity contribution is -0.146. The predicted molar refractivity (Wildman–Crippen MR) is 125 cm³/mol. The van der Waals surface area contributed by atoms with Gasteiger partial charge in [0.15, 0.2) is 0 Å². The first kappa shape index (κ1) is 23.6. The summed E-state index contributed by atoms with van der Waals surface area (Å²) in [6, 6.07) is 6.41. The largest absolute Gasteiger partial charge is 0.494 e. The molecule has 0 spiro atoms. The van der Waals surface area contributed by atoms with Crippen molar-refractivity contribution in [3.63, 3.8) is 0 Å². The minimum absolute atomic E-state index is 0.0223. The third-order valence-corrected chi connectivity index (χ3v) is 6.29. The van der Waals surface area contributed by atoms with E-state index in [1.165, 1.54) is 30.3 Å². The van der Waals surface area contributed by atoms with Crippen molar-refractivity contribution in [1.82, 2.24) is 24.3 Å². The summed E-state index contributed by atoms with van der Waals surface area (Å²) in [6.07, 6.45) is -0.553. The van der Waals surface area contributed by atoms with Gasteiger partial charge in [0.2, 0.25) is 0 Å². The average molecular weight is 500 g/mol. The number of carboxylic acid groups (broad SMARTS) is 1. The molecule has 188 valence electrons. The Bertz CT molecular complexity index is 1430. The second-order valence-corrected chi connectivity index (χ2v) is 8.65. The smallest absolute Gasteiger partial charge is 0.408 e. The number of benzene rings is 1. The molecule has 0 radical (unpaired) electrons. The van der Waals surface area contributed by atoms with Gasteiger partial charge in [-0.15, -0.1) is 0 Å². The zero-order valence-electron chi connectivity index (χ0n) is 19.5. The van der Waals surface area contributed by atoms with Crippen molar-refractivity contribution in [2.24, 2.45) is 7.05 Å². The van der Waals surface area contributed by atoms with Gasteiger partial charge in [-0.3, -0.25) is 4.68 Å². The molecule has 1 N–H and O–H groups in total. The zero-order chi connectivity index (χ0) is 25.6. The first-order valence-corrected chi connectivity index (χ1v) is 11.3. The number of fused-ring (bicyclic) bond motifs is 1. The fraction of sp³-hybridized carbons (Fsp3) is 0.333. The highest BCUT2D eigenvalue weighted by molar-refractivity contribution is 5.96. The molecule has 3 aromatic heterocycles. The molecule has 1 fully saturated rings. The number of hydrogen-bond donors (Lipinski definition) is 1. The Hall–Kier alpha value is -4.09. The van der Waals surface area contributed by atoms with Crippen LogP contribution in [-0.4, -0.2) is 61.3 Å². The monoisotopic (exact) mass is 500 g/mol. The van der Waals surface area contributed by atoms with Crippen LogP contribution in [0.15, 0.2) is 42.7 Å². The number of imidazole rings is 1. The van der Waals surface area contributed by atoms with E-state index in [1.807, 2.05) is 10.6 Å². The van der Waals surface area contributed by atoms with Gasteiger partial charge in [-0.05, 0) is 43.2 Å². The molecule has 0 saturated carbocycles.